The third-order valence-corrected chi connectivity index (χ3v) is 3.92. The molecule has 0 bridgehead atoms. The van der Waals surface area contributed by atoms with Crippen LogP contribution in [0.15, 0.2) is 22.6 Å². The molecule has 0 amide bonds. The summed E-state index contributed by atoms with van der Waals surface area (Å²) in [5, 5.41) is 19.3. The van der Waals surface area contributed by atoms with Crippen LogP contribution in [-0.2, 0) is 10.0 Å². The van der Waals surface area contributed by atoms with Crippen LogP contribution in [0.3, 0.4) is 0 Å². The molecule has 3 N–H and O–H groups in total. The highest BCUT2D eigenvalue weighted by molar-refractivity contribution is 7.92. The third kappa shape index (κ3) is 2.92. The number of nitrogens with one attached hydrogen (secondary N) is 1. The Morgan fingerprint density at radius 1 is 1.24 bits per heavy atom. The van der Waals surface area contributed by atoms with Gasteiger partial charge in [-0.1, -0.05) is 0 Å². The van der Waals surface area contributed by atoms with Crippen molar-refractivity contribution in [3.05, 3.63) is 29.8 Å². The van der Waals surface area contributed by atoms with Crippen LogP contribution in [0.5, 0.6) is 11.5 Å². The fourth-order valence-electron chi connectivity index (χ4n) is 1.55. The first kappa shape index (κ1) is 15.1. The van der Waals surface area contributed by atoms with E-state index in [-0.39, 0.29) is 11.3 Å². The smallest absolute Gasteiger partial charge is 0.253 e. The lowest BCUT2D eigenvalue weighted by molar-refractivity contribution is 0.410. The Hall–Kier alpha value is -2.29. The first-order valence-corrected chi connectivity index (χ1v) is 7.41. The SMILES string of the molecule is CCS(=O)(=O)Nc1oc(-c2ccc(F)cc2F)c(O)c1O. The summed E-state index contributed by atoms with van der Waals surface area (Å²) in [6, 6.07) is 2.47. The zero-order valence-electron chi connectivity index (χ0n) is 10.7. The molecule has 6 nitrogen and oxygen atoms in total. The molecular formula is C12H11F2NO5S. The highest BCUT2D eigenvalue weighted by Crippen LogP contribution is 2.46. The van der Waals surface area contributed by atoms with Crippen molar-refractivity contribution < 1.29 is 31.8 Å². The van der Waals surface area contributed by atoms with Gasteiger partial charge in [-0.15, -0.1) is 0 Å². The second-order valence-corrected chi connectivity index (χ2v) is 6.10. The van der Waals surface area contributed by atoms with E-state index in [1.165, 1.54) is 6.92 Å². The Morgan fingerprint density at radius 3 is 2.48 bits per heavy atom. The van der Waals surface area contributed by atoms with Crippen molar-refractivity contribution in [2.75, 3.05) is 10.5 Å². The average Bonchev–Trinajstić information content (AvgIpc) is 2.67. The van der Waals surface area contributed by atoms with Crippen LogP contribution in [0.1, 0.15) is 6.92 Å². The average molecular weight is 319 g/mol. The van der Waals surface area contributed by atoms with E-state index < -0.39 is 44.8 Å². The van der Waals surface area contributed by atoms with Crippen molar-refractivity contribution >= 4 is 15.9 Å². The maximum atomic E-state index is 13.6. The molecule has 114 valence electrons. The van der Waals surface area contributed by atoms with Crippen molar-refractivity contribution in [3.8, 4) is 22.8 Å². The van der Waals surface area contributed by atoms with Crippen LogP contribution >= 0.6 is 0 Å². The quantitative estimate of drug-likeness (QED) is 0.803. The summed E-state index contributed by atoms with van der Waals surface area (Å²) in [6.45, 7) is 1.35. The molecule has 0 saturated heterocycles. The number of benzene rings is 1. The molecule has 0 aliphatic carbocycles. The van der Waals surface area contributed by atoms with Crippen molar-refractivity contribution in [1.82, 2.24) is 0 Å². The van der Waals surface area contributed by atoms with Crippen molar-refractivity contribution in [1.29, 1.82) is 0 Å². The molecule has 0 atom stereocenters. The van der Waals surface area contributed by atoms with Gasteiger partial charge in [-0.25, -0.2) is 21.9 Å². The van der Waals surface area contributed by atoms with Crippen LogP contribution in [0.25, 0.3) is 11.3 Å². The van der Waals surface area contributed by atoms with Gasteiger partial charge in [-0.05, 0) is 19.1 Å². The molecule has 1 aromatic heterocycles. The second kappa shape index (κ2) is 5.24. The first-order valence-electron chi connectivity index (χ1n) is 5.75. The number of halogens is 2. The van der Waals surface area contributed by atoms with Crippen LogP contribution in [0.4, 0.5) is 14.7 Å². The summed E-state index contributed by atoms with van der Waals surface area (Å²) in [6.07, 6.45) is 0. The van der Waals surface area contributed by atoms with Gasteiger partial charge in [0.25, 0.3) is 5.88 Å². The number of hydrogen-bond acceptors (Lipinski definition) is 5. The lowest BCUT2D eigenvalue weighted by atomic mass is 10.1. The van der Waals surface area contributed by atoms with Crippen LogP contribution in [0.2, 0.25) is 0 Å². The molecule has 0 spiro atoms. The highest BCUT2D eigenvalue weighted by Gasteiger charge is 2.25. The second-order valence-electron chi connectivity index (χ2n) is 4.09. The van der Waals surface area contributed by atoms with E-state index in [4.69, 9.17) is 4.42 Å². The largest absolute Gasteiger partial charge is 0.502 e. The lowest BCUT2D eigenvalue weighted by Crippen LogP contribution is -2.14. The zero-order chi connectivity index (χ0) is 15.8. The fraction of sp³-hybridized carbons (Fsp3) is 0.167. The van der Waals surface area contributed by atoms with E-state index >= 15 is 0 Å². The molecule has 0 unspecified atom stereocenters. The van der Waals surface area contributed by atoms with E-state index in [9.17, 15) is 27.4 Å². The van der Waals surface area contributed by atoms with Crippen molar-refractivity contribution in [2.24, 2.45) is 0 Å². The molecule has 1 aromatic carbocycles. The monoisotopic (exact) mass is 319 g/mol. The minimum Gasteiger partial charge on any atom is -0.502 e. The van der Waals surface area contributed by atoms with E-state index in [0.29, 0.717) is 6.07 Å². The summed E-state index contributed by atoms with van der Waals surface area (Å²) in [5.41, 5.74) is -0.328. The Bertz CT molecular complexity index is 785. The maximum Gasteiger partial charge on any atom is 0.253 e. The summed E-state index contributed by atoms with van der Waals surface area (Å²) in [5.74, 6) is -5.07. The number of furan rings is 1. The molecule has 0 aliphatic heterocycles. The minimum absolute atomic E-state index is 0.297. The van der Waals surface area contributed by atoms with Gasteiger partial charge < -0.3 is 14.6 Å². The summed E-state index contributed by atoms with van der Waals surface area (Å²) in [4.78, 5) is 0. The fourth-order valence-corrected chi connectivity index (χ4v) is 2.12. The number of anilines is 1. The molecule has 9 heteroatoms. The van der Waals surface area contributed by atoms with Gasteiger partial charge in [0.2, 0.25) is 21.5 Å². The number of rotatable bonds is 4. The Balaban J connectivity index is 2.52. The molecule has 21 heavy (non-hydrogen) atoms. The topological polar surface area (TPSA) is 99.8 Å². The first-order chi connectivity index (χ1) is 9.75. The Kier molecular flexibility index (Phi) is 3.77. The van der Waals surface area contributed by atoms with Gasteiger partial charge in [0, 0.05) is 6.07 Å². The Morgan fingerprint density at radius 2 is 1.90 bits per heavy atom. The van der Waals surface area contributed by atoms with Crippen LogP contribution in [0, 0.1) is 11.6 Å². The number of hydrogen-bond donors (Lipinski definition) is 3. The van der Waals surface area contributed by atoms with Crippen LogP contribution in [-0.4, -0.2) is 24.4 Å². The molecule has 0 saturated carbocycles. The molecule has 2 rings (SSSR count). The standard InChI is InChI=1S/C12H11F2NO5S/c1-2-21(18,19)15-12-10(17)9(16)11(20-12)7-4-3-6(13)5-8(7)14/h3-5,15-17H,2H2,1H3. The summed E-state index contributed by atoms with van der Waals surface area (Å²) < 4.78 is 56.1. The lowest BCUT2D eigenvalue weighted by Gasteiger charge is -2.02. The predicted molar refractivity (Wildman–Crippen MR) is 70.5 cm³/mol. The molecular weight excluding hydrogens is 308 g/mol. The van der Waals surface area contributed by atoms with Gasteiger partial charge in [-0.3, -0.25) is 0 Å². The zero-order valence-corrected chi connectivity index (χ0v) is 11.5. The highest BCUT2D eigenvalue weighted by atomic mass is 32.2. The van der Waals surface area contributed by atoms with Gasteiger partial charge in [-0.2, -0.15) is 0 Å². The van der Waals surface area contributed by atoms with Crippen LogP contribution < -0.4 is 4.72 Å². The summed E-state index contributed by atoms with van der Waals surface area (Å²) in [7, 11) is -3.77. The van der Waals surface area contributed by atoms with Crippen molar-refractivity contribution in [3.63, 3.8) is 0 Å². The van der Waals surface area contributed by atoms with E-state index in [0.717, 1.165) is 12.1 Å². The molecule has 0 fully saturated rings. The predicted octanol–water partition coefficient (Wildman–Crippen LogP) is 2.40. The van der Waals surface area contributed by atoms with E-state index in [1.54, 1.807) is 0 Å². The van der Waals surface area contributed by atoms with Gasteiger partial charge >= 0.3 is 0 Å². The number of sulfonamides is 1. The van der Waals surface area contributed by atoms with Crippen molar-refractivity contribution in [2.45, 2.75) is 6.92 Å². The molecule has 1 heterocycles. The molecule has 0 radical (unpaired) electrons. The van der Waals surface area contributed by atoms with E-state index in [2.05, 4.69) is 0 Å². The van der Waals surface area contributed by atoms with Gasteiger partial charge in [0.05, 0.1) is 11.3 Å². The van der Waals surface area contributed by atoms with Gasteiger partial charge in [0.1, 0.15) is 11.6 Å². The normalized spacial score (nSPS) is 11.6. The minimum atomic E-state index is -3.77. The van der Waals surface area contributed by atoms with Gasteiger partial charge in [0.15, 0.2) is 5.76 Å². The Labute approximate surface area is 118 Å². The van der Waals surface area contributed by atoms with E-state index in [1.807, 2.05) is 4.72 Å². The maximum absolute atomic E-state index is 13.6. The number of aromatic hydroxyl groups is 2. The summed E-state index contributed by atoms with van der Waals surface area (Å²) >= 11 is 0. The third-order valence-electron chi connectivity index (χ3n) is 2.66. The molecule has 0 aliphatic rings. The molecule has 2 aromatic rings.